The fourth-order valence-electron chi connectivity index (χ4n) is 3.99. The Morgan fingerprint density at radius 1 is 1.13 bits per heavy atom. The van der Waals surface area contributed by atoms with Gasteiger partial charge in [-0.3, -0.25) is 9.59 Å². The van der Waals surface area contributed by atoms with Crippen molar-refractivity contribution in [1.82, 2.24) is 19.9 Å². The lowest BCUT2D eigenvalue weighted by molar-refractivity contribution is -0.404. The number of para-hydroxylation sites is 2. The number of anilines is 2. The van der Waals surface area contributed by atoms with Gasteiger partial charge in [0.25, 0.3) is 5.91 Å². The van der Waals surface area contributed by atoms with E-state index in [4.69, 9.17) is 15.6 Å². The van der Waals surface area contributed by atoms with Gasteiger partial charge in [0.2, 0.25) is 5.82 Å². The molecule has 0 saturated heterocycles. The maximum absolute atomic E-state index is 13.3. The lowest BCUT2D eigenvalue weighted by atomic mass is 10.1. The zero-order chi connectivity index (χ0) is 26.9. The molecule has 0 aliphatic carbocycles. The number of nitrogens with one attached hydrogen (secondary N) is 2. The Bertz CT molecular complexity index is 1440. The first kappa shape index (κ1) is 26.5. The van der Waals surface area contributed by atoms with Crippen LogP contribution in [0.2, 0.25) is 0 Å². The first-order valence-corrected chi connectivity index (χ1v) is 12.4. The number of nitrogens with two attached hydrogens (primary N) is 1. The fraction of sp³-hybridized carbons (Fsp3) is 0.308. The summed E-state index contributed by atoms with van der Waals surface area (Å²) in [7, 11) is 0. The van der Waals surface area contributed by atoms with Crippen LogP contribution < -0.4 is 22.1 Å². The maximum Gasteiger partial charge on any atom is 0.282 e. The van der Waals surface area contributed by atoms with E-state index in [1.54, 1.807) is 28.8 Å². The number of carbonyl (C=O) groups is 2. The van der Waals surface area contributed by atoms with Crippen LogP contribution in [-0.2, 0) is 11.3 Å². The molecule has 7 N–H and O–H groups in total. The van der Waals surface area contributed by atoms with Crippen LogP contribution in [-0.4, -0.2) is 50.7 Å². The van der Waals surface area contributed by atoms with Crippen LogP contribution in [0.15, 0.2) is 53.2 Å². The fourth-order valence-corrected chi connectivity index (χ4v) is 3.99. The van der Waals surface area contributed by atoms with Gasteiger partial charge in [-0.1, -0.05) is 12.1 Å². The number of unbranched alkanes of at least 4 members (excludes halogenated alkanes) is 1. The first-order chi connectivity index (χ1) is 18.5. The number of imidazole rings is 1. The molecule has 4 rings (SSSR count). The highest BCUT2D eigenvalue weighted by Crippen LogP contribution is 2.28. The summed E-state index contributed by atoms with van der Waals surface area (Å²) in [6.07, 6.45) is 2.65. The van der Waals surface area contributed by atoms with Crippen LogP contribution in [0.3, 0.4) is 0 Å². The summed E-state index contributed by atoms with van der Waals surface area (Å²) in [5.41, 5.74) is 12.3. The molecule has 1 unspecified atom stereocenters. The van der Waals surface area contributed by atoms with Crippen molar-refractivity contribution in [2.75, 3.05) is 23.7 Å². The van der Waals surface area contributed by atoms with Crippen molar-refractivity contribution in [2.24, 2.45) is 5.73 Å². The van der Waals surface area contributed by atoms with E-state index in [9.17, 15) is 9.59 Å². The Labute approximate surface area is 219 Å². The highest BCUT2D eigenvalue weighted by Gasteiger charge is 2.22. The first-order valence-electron chi connectivity index (χ1n) is 12.4. The Kier molecular flexibility index (Phi) is 8.76. The van der Waals surface area contributed by atoms with Crippen molar-refractivity contribution in [1.29, 1.82) is 5.26 Å². The Morgan fingerprint density at radius 3 is 2.68 bits per heavy atom. The molecule has 12 heteroatoms. The summed E-state index contributed by atoms with van der Waals surface area (Å²) in [6.45, 7) is 0.951. The molecular formula is C26H30N9O3+. The number of nitriles is 1. The molecule has 4 aromatic rings. The Balaban J connectivity index is 1.51. The number of Topliss-reactive ketones (excluding diaryl/α,β-unsaturated/α-hetero) is 1. The third-order valence-corrected chi connectivity index (χ3v) is 6.04. The summed E-state index contributed by atoms with van der Waals surface area (Å²) in [5.74, 6) is 0.437. The van der Waals surface area contributed by atoms with Crippen LogP contribution in [0.4, 0.5) is 11.5 Å². The van der Waals surface area contributed by atoms with E-state index in [1.165, 1.54) is 0 Å². The van der Waals surface area contributed by atoms with Crippen molar-refractivity contribution in [3.05, 3.63) is 54.1 Å². The molecule has 0 bridgehead atoms. The van der Waals surface area contributed by atoms with E-state index >= 15 is 0 Å². The van der Waals surface area contributed by atoms with Crippen molar-refractivity contribution in [3.63, 3.8) is 0 Å². The summed E-state index contributed by atoms with van der Waals surface area (Å²) in [6, 6.07) is 15.9. The second-order valence-corrected chi connectivity index (χ2v) is 8.78. The predicted molar refractivity (Wildman–Crippen MR) is 141 cm³/mol. The standard InChI is InChI=1S/C26H29N9O3/c27-13-4-3-6-19(29)26(37)31-18-11-9-17(10-12-18)22(36)16-35-21-8-2-1-7-20(21)32-25(35)23-24(34-38-33-23)30-15-5-14-28/h1-2,7-12,19H,3-6,13,15-16,27,29H2,(H,30,34)(H,31,37)/p+1. The Morgan fingerprint density at radius 2 is 1.92 bits per heavy atom. The molecule has 0 spiro atoms. The van der Waals surface area contributed by atoms with Gasteiger partial charge in [-0.05, 0) is 66.1 Å². The van der Waals surface area contributed by atoms with Crippen molar-refractivity contribution in [2.45, 2.75) is 38.3 Å². The summed E-state index contributed by atoms with van der Waals surface area (Å²) in [4.78, 5) is 30.4. The molecule has 2 aromatic heterocycles. The minimum atomic E-state index is -0.374. The topological polar surface area (TPSA) is 192 Å². The molecule has 1 atom stereocenters. The van der Waals surface area contributed by atoms with E-state index in [0.717, 1.165) is 18.4 Å². The second kappa shape index (κ2) is 12.6. The Hall–Kier alpha value is -4.60. The minimum Gasteiger partial charge on any atom is -0.364 e. The van der Waals surface area contributed by atoms with Gasteiger partial charge in [-0.25, -0.2) is 9.61 Å². The molecule has 12 nitrogen and oxygen atoms in total. The molecule has 38 heavy (non-hydrogen) atoms. The monoisotopic (exact) mass is 516 g/mol. The van der Waals surface area contributed by atoms with Gasteiger partial charge in [0, 0.05) is 24.2 Å². The number of carbonyl (C=O) groups excluding carboxylic acids is 2. The van der Waals surface area contributed by atoms with Gasteiger partial charge in [-0.2, -0.15) is 5.26 Å². The van der Waals surface area contributed by atoms with Gasteiger partial charge in [-0.15, -0.1) is 0 Å². The number of ketones is 1. The van der Waals surface area contributed by atoms with Gasteiger partial charge in [0.15, 0.2) is 23.3 Å². The van der Waals surface area contributed by atoms with Gasteiger partial charge in [0.05, 0.1) is 30.1 Å². The van der Waals surface area contributed by atoms with Crippen molar-refractivity contribution >= 4 is 34.2 Å². The van der Waals surface area contributed by atoms with Crippen LogP contribution in [0.5, 0.6) is 0 Å². The molecule has 0 radical (unpaired) electrons. The molecule has 0 aliphatic heterocycles. The molecule has 2 aromatic carbocycles. The van der Waals surface area contributed by atoms with E-state index in [-0.39, 0.29) is 30.7 Å². The summed E-state index contributed by atoms with van der Waals surface area (Å²) < 4.78 is 6.69. The number of rotatable bonds is 13. The number of aromatic nitrogens is 4. The minimum absolute atomic E-state index is 0.00581. The van der Waals surface area contributed by atoms with E-state index in [1.807, 2.05) is 24.3 Å². The van der Waals surface area contributed by atoms with Crippen LogP contribution in [0.25, 0.3) is 22.6 Å². The van der Waals surface area contributed by atoms with E-state index < -0.39 is 0 Å². The molecule has 0 saturated carbocycles. The molecule has 0 fully saturated rings. The highest BCUT2D eigenvalue weighted by molar-refractivity contribution is 5.98. The number of fused-ring (bicyclic) bond motifs is 1. The zero-order valence-corrected chi connectivity index (χ0v) is 20.9. The van der Waals surface area contributed by atoms with Crippen LogP contribution in [0.1, 0.15) is 36.0 Å². The average molecular weight is 517 g/mol. The van der Waals surface area contributed by atoms with Gasteiger partial charge < -0.3 is 26.7 Å². The molecular weight excluding hydrogens is 486 g/mol. The number of benzene rings is 2. The second-order valence-electron chi connectivity index (χ2n) is 8.78. The van der Waals surface area contributed by atoms with E-state index in [2.05, 4.69) is 37.7 Å². The molecule has 1 amide bonds. The summed E-state index contributed by atoms with van der Waals surface area (Å²) >= 11 is 0. The number of hydrogen-bond acceptors (Lipinski definition) is 9. The number of quaternary nitrogens is 1. The number of hydrogen-bond donors (Lipinski definition) is 4. The van der Waals surface area contributed by atoms with Gasteiger partial charge >= 0.3 is 0 Å². The molecule has 0 aliphatic rings. The number of amides is 1. The smallest absolute Gasteiger partial charge is 0.282 e. The predicted octanol–water partition coefficient (Wildman–Crippen LogP) is 1.97. The third-order valence-electron chi connectivity index (χ3n) is 6.04. The molecule has 196 valence electrons. The van der Waals surface area contributed by atoms with Crippen LogP contribution >= 0.6 is 0 Å². The lowest BCUT2D eigenvalue weighted by Gasteiger charge is -2.11. The van der Waals surface area contributed by atoms with Crippen molar-refractivity contribution in [3.8, 4) is 17.6 Å². The highest BCUT2D eigenvalue weighted by atomic mass is 16.6. The third kappa shape index (κ3) is 6.20. The van der Waals surface area contributed by atoms with Crippen molar-refractivity contribution < 1.29 is 20.0 Å². The van der Waals surface area contributed by atoms with Gasteiger partial charge in [0.1, 0.15) is 0 Å². The SMILES string of the molecule is N#CCCNc1nonc1-c1nc2ccccc2n1CC(=O)c1ccc(NC(=O)C([NH3+])CCCCN)cc1. The largest absolute Gasteiger partial charge is 0.364 e. The number of nitrogens with zero attached hydrogens (tertiary/aromatic N) is 5. The normalized spacial score (nSPS) is 11.7. The van der Waals surface area contributed by atoms with Crippen LogP contribution in [0, 0.1) is 11.3 Å². The van der Waals surface area contributed by atoms with E-state index in [0.29, 0.717) is 53.6 Å². The quantitative estimate of drug-likeness (QED) is 0.152. The summed E-state index contributed by atoms with van der Waals surface area (Å²) in [5, 5.41) is 22.6. The maximum atomic E-state index is 13.3. The molecule has 2 heterocycles. The lowest BCUT2D eigenvalue weighted by Crippen LogP contribution is -2.66. The zero-order valence-electron chi connectivity index (χ0n) is 20.9. The average Bonchev–Trinajstić information content (AvgIpc) is 3.53.